The first kappa shape index (κ1) is 15.0. The maximum Gasteiger partial charge on any atom is 0.0539 e. The molecule has 5 heteroatoms. The van der Waals surface area contributed by atoms with Crippen LogP contribution in [0.2, 0.25) is 0 Å². The molecule has 1 aromatic rings. The molecular weight excluding hydrogens is 264 g/mol. The van der Waals surface area contributed by atoms with Gasteiger partial charge in [0, 0.05) is 57.3 Å². The Morgan fingerprint density at radius 1 is 1.29 bits per heavy atom. The molecule has 118 valence electrons. The van der Waals surface area contributed by atoms with Gasteiger partial charge < -0.3 is 5.11 Å². The summed E-state index contributed by atoms with van der Waals surface area (Å²) >= 11 is 0. The van der Waals surface area contributed by atoms with Gasteiger partial charge in [-0.3, -0.25) is 14.5 Å². The minimum absolute atomic E-state index is 0.304. The first-order chi connectivity index (χ1) is 10.3. The van der Waals surface area contributed by atoms with Crippen molar-refractivity contribution in [2.24, 2.45) is 5.92 Å². The summed E-state index contributed by atoms with van der Waals surface area (Å²) in [5, 5.41) is 13.7. The van der Waals surface area contributed by atoms with Crippen LogP contribution in [0.1, 0.15) is 25.0 Å². The first-order valence-corrected chi connectivity index (χ1v) is 8.32. The van der Waals surface area contributed by atoms with Crippen molar-refractivity contribution < 1.29 is 5.11 Å². The molecule has 2 fully saturated rings. The van der Waals surface area contributed by atoms with Crippen LogP contribution in [-0.2, 0) is 6.54 Å². The van der Waals surface area contributed by atoms with E-state index in [0.717, 1.165) is 45.1 Å². The van der Waals surface area contributed by atoms with Gasteiger partial charge in [-0.2, -0.15) is 5.10 Å². The molecule has 21 heavy (non-hydrogen) atoms. The molecule has 0 amide bonds. The van der Waals surface area contributed by atoms with E-state index in [1.165, 1.54) is 25.1 Å². The third-order valence-electron chi connectivity index (χ3n) is 4.90. The van der Waals surface area contributed by atoms with Crippen molar-refractivity contribution in [3.63, 3.8) is 0 Å². The summed E-state index contributed by atoms with van der Waals surface area (Å²) < 4.78 is 2.08. The molecule has 1 aliphatic heterocycles. The van der Waals surface area contributed by atoms with Crippen LogP contribution >= 0.6 is 0 Å². The molecule has 1 aromatic heterocycles. The largest absolute Gasteiger partial charge is 0.396 e. The average Bonchev–Trinajstić information content (AvgIpc) is 3.20. The fourth-order valence-corrected chi connectivity index (χ4v) is 3.32. The smallest absolute Gasteiger partial charge is 0.0539 e. The molecule has 1 saturated heterocycles. The zero-order valence-electron chi connectivity index (χ0n) is 13.1. The lowest BCUT2D eigenvalue weighted by Gasteiger charge is -2.41. The van der Waals surface area contributed by atoms with Gasteiger partial charge in [0.2, 0.25) is 0 Å². The van der Waals surface area contributed by atoms with Crippen LogP contribution < -0.4 is 0 Å². The highest BCUT2D eigenvalue weighted by atomic mass is 16.3. The van der Waals surface area contributed by atoms with Gasteiger partial charge in [-0.1, -0.05) is 0 Å². The minimum Gasteiger partial charge on any atom is -0.396 e. The SMILES string of the molecule is Cc1ccnn1CCN1CCN(CC2CC2)[C@H](CCO)C1. The van der Waals surface area contributed by atoms with Crippen molar-refractivity contribution >= 4 is 0 Å². The summed E-state index contributed by atoms with van der Waals surface area (Å²) in [5.41, 5.74) is 1.23. The highest BCUT2D eigenvalue weighted by Crippen LogP contribution is 2.31. The Bertz CT molecular complexity index is 443. The maximum absolute atomic E-state index is 9.33. The van der Waals surface area contributed by atoms with Crippen LogP contribution in [0.3, 0.4) is 0 Å². The summed E-state index contributed by atoms with van der Waals surface area (Å²) in [6.07, 6.45) is 5.59. The number of hydrogen-bond donors (Lipinski definition) is 1. The minimum atomic E-state index is 0.304. The summed E-state index contributed by atoms with van der Waals surface area (Å²) in [7, 11) is 0. The zero-order valence-corrected chi connectivity index (χ0v) is 13.1. The van der Waals surface area contributed by atoms with E-state index >= 15 is 0 Å². The van der Waals surface area contributed by atoms with E-state index < -0.39 is 0 Å². The molecule has 2 aliphatic rings. The maximum atomic E-state index is 9.33. The predicted octanol–water partition coefficient (Wildman–Crippen LogP) is 0.970. The monoisotopic (exact) mass is 292 g/mol. The molecule has 0 bridgehead atoms. The quantitative estimate of drug-likeness (QED) is 0.813. The van der Waals surface area contributed by atoms with Crippen LogP contribution in [0.5, 0.6) is 0 Å². The van der Waals surface area contributed by atoms with Crippen molar-refractivity contribution in [1.29, 1.82) is 0 Å². The fraction of sp³-hybridized carbons (Fsp3) is 0.812. The van der Waals surface area contributed by atoms with E-state index in [4.69, 9.17) is 0 Å². The summed E-state index contributed by atoms with van der Waals surface area (Å²) in [4.78, 5) is 5.15. The Labute approximate surface area is 127 Å². The third-order valence-corrected chi connectivity index (χ3v) is 4.90. The van der Waals surface area contributed by atoms with Crippen molar-refractivity contribution in [3.05, 3.63) is 18.0 Å². The van der Waals surface area contributed by atoms with Crippen molar-refractivity contribution in [3.8, 4) is 0 Å². The Hall–Kier alpha value is -0.910. The van der Waals surface area contributed by atoms with Gasteiger partial charge in [0.1, 0.15) is 0 Å². The lowest BCUT2D eigenvalue weighted by atomic mass is 10.1. The van der Waals surface area contributed by atoms with Gasteiger partial charge in [-0.15, -0.1) is 0 Å². The Morgan fingerprint density at radius 3 is 2.81 bits per heavy atom. The topological polar surface area (TPSA) is 44.5 Å². The lowest BCUT2D eigenvalue weighted by molar-refractivity contribution is 0.0538. The van der Waals surface area contributed by atoms with Crippen molar-refractivity contribution in [2.45, 2.75) is 38.8 Å². The van der Waals surface area contributed by atoms with Crippen molar-refractivity contribution in [2.75, 3.05) is 39.3 Å². The summed E-state index contributed by atoms with van der Waals surface area (Å²) in [5.74, 6) is 0.935. The second-order valence-electron chi connectivity index (χ2n) is 6.60. The van der Waals surface area contributed by atoms with E-state index in [-0.39, 0.29) is 0 Å². The summed E-state index contributed by atoms with van der Waals surface area (Å²) in [6, 6.07) is 2.59. The first-order valence-electron chi connectivity index (χ1n) is 8.32. The van der Waals surface area contributed by atoms with Gasteiger partial charge in [0.05, 0.1) is 6.54 Å². The van der Waals surface area contributed by atoms with E-state index in [1.54, 1.807) is 0 Å². The van der Waals surface area contributed by atoms with E-state index in [0.29, 0.717) is 12.6 Å². The van der Waals surface area contributed by atoms with Crippen LogP contribution in [0.4, 0.5) is 0 Å². The van der Waals surface area contributed by atoms with Gasteiger partial charge >= 0.3 is 0 Å². The highest BCUT2D eigenvalue weighted by molar-refractivity contribution is 4.96. The molecule has 5 nitrogen and oxygen atoms in total. The third kappa shape index (κ3) is 4.05. The van der Waals surface area contributed by atoms with Gasteiger partial charge in [-0.05, 0) is 38.2 Å². The fourth-order valence-electron chi connectivity index (χ4n) is 3.32. The average molecular weight is 292 g/mol. The molecule has 0 aromatic carbocycles. The molecule has 2 heterocycles. The zero-order chi connectivity index (χ0) is 14.7. The van der Waals surface area contributed by atoms with Crippen LogP contribution in [-0.4, -0.2) is 70.1 Å². The summed E-state index contributed by atoms with van der Waals surface area (Å²) in [6.45, 7) is 9.07. The Morgan fingerprint density at radius 2 is 2.14 bits per heavy atom. The number of aliphatic hydroxyl groups excluding tert-OH is 1. The number of aliphatic hydroxyl groups is 1. The molecular formula is C16H28N4O. The number of piperazine rings is 1. The molecule has 1 N–H and O–H groups in total. The molecule has 3 rings (SSSR count). The van der Waals surface area contributed by atoms with Gasteiger partial charge in [0.25, 0.3) is 0 Å². The van der Waals surface area contributed by atoms with E-state index in [9.17, 15) is 5.11 Å². The van der Waals surface area contributed by atoms with Crippen LogP contribution in [0.25, 0.3) is 0 Å². The van der Waals surface area contributed by atoms with E-state index in [2.05, 4.69) is 32.6 Å². The van der Waals surface area contributed by atoms with Crippen LogP contribution in [0.15, 0.2) is 12.3 Å². The molecule has 1 atom stereocenters. The molecule has 1 saturated carbocycles. The van der Waals surface area contributed by atoms with Crippen LogP contribution in [0, 0.1) is 12.8 Å². The predicted molar refractivity (Wildman–Crippen MR) is 83.2 cm³/mol. The van der Waals surface area contributed by atoms with Gasteiger partial charge in [0.15, 0.2) is 0 Å². The molecule has 0 spiro atoms. The number of aromatic nitrogens is 2. The number of rotatable bonds is 7. The molecule has 1 aliphatic carbocycles. The normalized spacial score (nSPS) is 24.6. The lowest BCUT2D eigenvalue weighted by Crippen LogP contribution is -2.54. The number of nitrogens with zero attached hydrogens (tertiary/aromatic N) is 4. The number of hydrogen-bond acceptors (Lipinski definition) is 4. The highest BCUT2D eigenvalue weighted by Gasteiger charge is 2.31. The molecule has 0 radical (unpaired) electrons. The molecule has 0 unspecified atom stereocenters. The number of aryl methyl sites for hydroxylation is 1. The second-order valence-corrected chi connectivity index (χ2v) is 6.60. The van der Waals surface area contributed by atoms with Crippen molar-refractivity contribution in [1.82, 2.24) is 19.6 Å². The second kappa shape index (κ2) is 6.90. The Balaban J connectivity index is 1.49. The Kier molecular flexibility index (Phi) is 4.93. The standard InChI is InChI=1S/C16H28N4O/c1-14-4-6-17-20(14)10-8-18-7-9-19(12-15-2-3-15)16(13-18)5-11-21/h4,6,15-16,21H,2-3,5,7-13H2,1H3/t16-/m1/s1. The van der Waals surface area contributed by atoms with E-state index in [1.807, 2.05) is 6.20 Å². The van der Waals surface area contributed by atoms with Gasteiger partial charge in [-0.25, -0.2) is 0 Å².